The summed E-state index contributed by atoms with van der Waals surface area (Å²) in [6.07, 6.45) is 1.53. The molecule has 2 heterocycles. The Morgan fingerprint density at radius 2 is 1.72 bits per heavy atom. The summed E-state index contributed by atoms with van der Waals surface area (Å²) < 4.78 is 11.4. The first-order valence-electron chi connectivity index (χ1n) is 10.4. The summed E-state index contributed by atoms with van der Waals surface area (Å²) in [6.45, 7) is 2.65. The Labute approximate surface area is 189 Å². The maximum Gasteiger partial charge on any atom is 0.371 e. The molecule has 1 aromatic heterocycles. The van der Waals surface area contributed by atoms with Gasteiger partial charge in [-0.1, -0.05) is 42.1 Å². The van der Waals surface area contributed by atoms with Crippen LogP contribution in [0.25, 0.3) is 17.0 Å². The van der Waals surface area contributed by atoms with Gasteiger partial charge in [-0.15, -0.1) is 0 Å². The molecule has 0 bridgehead atoms. The molecule has 32 heavy (non-hydrogen) atoms. The molecule has 1 aliphatic rings. The van der Waals surface area contributed by atoms with Crippen LogP contribution in [0.5, 0.6) is 0 Å². The zero-order valence-electron chi connectivity index (χ0n) is 17.4. The van der Waals surface area contributed by atoms with E-state index in [1.165, 1.54) is 15.9 Å². The zero-order valence-corrected chi connectivity index (χ0v) is 18.3. The second-order valence-corrected chi connectivity index (χ2v) is 8.46. The number of furan rings is 1. The minimum Gasteiger partial charge on any atom is -0.487 e. The maximum atomic E-state index is 11.4. The Morgan fingerprint density at radius 3 is 2.38 bits per heavy atom. The second-order valence-electron chi connectivity index (χ2n) is 7.38. The lowest BCUT2D eigenvalue weighted by Gasteiger charge is -2.32. The van der Waals surface area contributed by atoms with Gasteiger partial charge in [-0.2, -0.15) is 0 Å². The van der Waals surface area contributed by atoms with E-state index in [9.17, 15) is 9.90 Å². The molecular weight excluding hydrogens is 422 g/mol. The molecule has 0 saturated heterocycles. The fourth-order valence-electron chi connectivity index (χ4n) is 3.86. The minimum atomic E-state index is -1.08. The minimum absolute atomic E-state index is 0.0744. The molecule has 5 rings (SSSR count). The number of para-hydroxylation sites is 2. The number of carboxylic acid groups (broad SMARTS) is 1. The standard InChI is InChI=1S/C26H21NO4S/c1-2-30-23(26(28)29)14-17-11-12-22-18(13-17)15-19(31-22)16-27-20-7-3-5-9-24(20)32-25-10-6-4-8-21(25)27/h3-15H,2,16H2,1H3,(H,28,29)/b23-14+. The van der Waals surface area contributed by atoms with Gasteiger partial charge in [-0.05, 0) is 61.0 Å². The third-order valence-electron chi connectivity index (χ3n) is 5.25. The van der Waals surface area contributed by atoms with Gasteiger partial charge in [-0.3, -0.25) is 0 Å². The van der Waals surface area contributed by atoms with Crippen molar-refractivity contribution in [2.45, 2.75) is 23.3 Å². The van der Waals surface area contributed by atoms with Crippen LogP contribution in [0.2, 0.25) is 0 Å². The molecule has 0 fully saturated rings. The number of hydrogen-bond donors (Lipinski definition) is 1. The van der Waals surface area contributed by atoms with Gasteiger partial charge in [0.2, 0.25) is 5.76 Å². The highest BCUT2D eigenvalue weighted by molar-refractivity contribution is 7.99. The molecule has 0 aliphatic carbocycles. The molecule has 0 radical (unpaired) electrons. The average molecular weight is 444 g/mol. The lowest BCUT2D eigenvalue weighted by molar-refractivity contribution is -0.136. The van der Waals surface area contributed by atoms with Gasteiger partial charge < -0.3 is 19.2 Å². The molecule has 1 aliphatic heterocycles. The summed E-state index contributed by atoms with van der Waals surface area (Å²) in [5.41, 5.74) is 3.82. The van der Waals surface area contributed by atoms with Crippen molar-refractivity contribution >= 4 is 46.2 Å². The third kappa shape index (κ3) is 3.85. The molecule has 0 spiro atoms. The highest BCUT2D eigenvalue weighted by atomic mass is 32.2. The summed E-state index contributed by atoms with van der Waals surface area (Å²) in [7, 11) is 0. The number of aliphatic carboxylic acids is 1. The number of carbonyl (C=O) groups is 1. The first-order valence-corrected chi connectivity index (χ1v) is 11.2. The van der Waals surface area contributed by atoms with Crippen LogP contribution in [0.4, 0.5) is 11.4 Å². The van der Waals surface area contributed by atoms with Gasteiger partial charge in [0, 0.05) is 15.2 Å². The first-order chi connectivity index (χ1) is 15.6. The summed E-state index contributed by atoms with van der Waals surface area (Å²) in [6, 6.07) is 24.4. The molecule has 1 N–H and O–H groups in total. The van der Waals surface area contributed by atoms with Crippen molar-refractivity contribution in [1.29, 1.82) is 0 Å². The largest absolute Gasteiger partial charge is 0.487 e. The number of rotatable bonds is 6. The molecule has 3 aromatic carbocycles. The Bertz CT molecular complexity index is 1300. The van der Waals surface area contributed by atoms with Crippen LogP contribution < -0.4 is 4.90 Å². The molecule has 5 nitrogen and oxygen atoms in total. The topological polar surface area (TPSA) is 62.9 Å². The molecule has 160 valence electrons. The molecule has 6 heteroatoms. The number of carboxylic acids is 1. The Hall–Kier alpha value is -3.64. The smallest absolute Gasteiger partial charge is 0.371 e. The summed E-state index contributed by atoms with van der Waals surface area (Å²) in [4.78, 5) is 16.1. The fraction of sp³-hybridized carbons (Fsp3) is 0.115. The Morgan fingerprint density at radius 1 is 1.03 bits per heavy atom. The zero-order chi connectivity index (χ0) is 22.1. The number of benzene rings is 3. The second kappa shape index (κ2) is 8.48. The van der Waals surface area contributed by atoms with Gasteiger partial charge in [0.25, 0.3) is 0 Å². The number of anilines is 2. The summed E-state index contributed by atoms with van der Waals surface area (Å²) >= 11 is 1.78. The molecule has 0 atom stereocenters. The highest BCUT2D eigenvalue weighted by Crippen LogP contribution is 2.48. The van der Waals surface area contributed by atoms with Crippen molar-refractivity contribution in [1.82, 2.24) is 0 Å². The quantitative estimate of drug-likeness (QED) is 0.264. The predicted octanol–water partition coefficient (Wildman–Crippen LogP) is 6.70. The van der Waals surface area contributed by atoms with E-state index in [0.29, 0.717) is 13.2 Å². The average Bonchev–Trinajstić information content (AvgIpc) is 3.20. The Balaban J connectivity index is 1.49. The predicted molar refractivity (Wildman–Crippen MR) is 126 cm³/mol. The van der Waals surface area contributed by atoms with E-state index in [-0.39, 0.29) is 5.76 Å². The van der Waals surface area contributed by atoms with Crippen LogP contribution in [-0.4, -0.2) is 17.7 Å². The Kier molecular flexibility index (Phi) is 5.37. The number of nitrogens with zero attached hydrogens (tertiary/aromatic N) is 1. The van der Waals surface area contributed by atoms with Gasteiger partial charge in [0.05, 0.1) is 24.5 Å². The van der Waals surface area contributed by atoms with Crippen molar-refractivity contribution in [3.05, 3.63) is 89.9 Å². The van der Waals surface area contributed by atoms with Crippen LogP contribution in [-0.2, 0) is 16.1 Å². The van der Waals surface area contributed by atoms with Gasteiger partial charge in [0.15, 0.2) is 0 Å². The fourth-order valence-corrected chi connectivity index (χ4v) is 4.96. The lowest BCUT2D eigenvalue weighted by atomic mass is 10.1. The summed E-state index contributed by atoms with van der Waals surface area (Å²) in [5.74, 6) is -0.323. The van der Waals surface area contributed by atoms with E-state index < -0.39 is 5.97 Å². The van der Waals surface area contributed by atoms with Crippen molar-refractivity contribution in [3.8, 4) is 0 Å². The monoisotopic (exact) mass is 443 g/mol. The van der Waals surface area contributed by atoms with E-state index in [1.54, 1.807) is 18.7 Å². The van der Waals surface area contributed by atoms with Crippen LogP contribution in [0, 0.1) is 0 Å². The van der Waals surface area contributed by atoms with Crippen molar-refractivity contribution in [2.24, 2.45) is 0 Å². The molecule has 4 aromatic rings. The first kappa shape index (κ1) is 20.3. The maximum absolute atomic E-state index is 11.4. The van der Waals surface area contributed by atoms with Crippen molar-refractivity contribution in [2.75, 3.05) is 11.5 Å². The summed E-state index contributed by atoms with van der Waals surface area (Å²) in [5, 5.41) is 10.2. The third-order valence-corrected chi connectivity index (χ3v) is 6.38. The van der Waals surface area contributed by atoms with E-state index in [2.05, 4.69) is 53.4 Å². The molecule has 0 amide bonds. The van der Waals surface area contributed by atoms with E-state index in [0.717, 1.165) is 33.7 Å². The van der Waals surface area contributed by atoms with Crippen LogP contribution in [0.1, 0.15) is 18.2 Å². The number of fused-ring (bicyclic) bond motifs is 3. The molecular formula is C26H21NO4S. The SMILES string of the molecule is CCO/C(=C/c1ccc2oc(CN3c4ccccc4Sc4ccccc43)cc2c1)C(=O)O. The lowest BCUT2D eigenvalue weighted by Crippen LogP contribution is -2.19. The molecule has 0 saturated carbocycles. The number of ether oxygens (including phenoxy) is 1. The van der Waals surface area contributed by atoms with Gasteiger partial charge >= 0.3 is 5.97 Å². The van der Waals surface area contributed by atoms with E-state index in [4.69, 9.17) is 9.15 Å². The van der Waals surface area contributed by atoms with Crippen molar-refractivity contribution < 1.29 is 19.1 Å². The van der Waals surface area contributed by atoms with E-state index >= 15 is 0 Å². The van der Waals surface area contributed by atoms with Crippen LogP contribution in [0.3, 0.4) is 0 Å². The molecule has 0 unspecified atom stereocenters. The van der Waals surface area contributed by atoms with Crippen molar-refractivity contribution in [3.63, 3.8) is 0 Å². The number of hydrogen-bond acceptors (Lipinski definition) is 5. The van der Waals surface area contributed by atoms with Gasteiger partial charge in [0.1, 0.15) is 11.3 Å². The highest BCUT2D eigenvalue weighted by Gasteiger charge is 2.24. The van der Waals surface area contributed by atoms with Crippen LogP contribution >= 0.6 is 11.8 Å². The van der Waals surface area contributed by atoms with Gasteiger partial charge in [-0.25, -0.2) is 4.79 Å². The van der Waals surface area contributed by atoms with E-state index in [1.807, 2.05) is 24.3 Å². The van der Waals surface area contributed by atoms with Crippen LogP contribution in [0.15, 0.2) is 92.8 Å². The normalized spacial score (nSPS) is 13.0.